The maximum absolute atomic E-state index is 6.60. The van der Waals surface area contributed by atoms with Crippen molar-refractivity contribution in [3.63, 3.8) is 0 Å². The second-order valence-corrected chi connectivity index (χ2v) is 1.10. The summed E-state index contributed by atoms with van der Waals surface area (Å²) in [5.74, 6) is 0. The Labute approximate surface area is 54.2 Å². The second kappa shape index (κ2) is 9.18. The van der Waals surface area contributed by atoms with Gasteiger partial charge in [0, 0.05) is 21.7 Å². The third-order valence-corrected chi connectivity index (χ3v) is 0.530. The van der Waals surface area contributed by atoms with E-state index in [1.54, 1.807) is 0 Å². The van der Waals surface area contributed by atoms with Crippen LogP contribution in [0.3, 0.4) is 0 Å². The quantitative estimate of drug-likeness (QED) is 0.496. The van der Waals surface area contributed by atoms with Gasteiger partial charge in [0.25, 0.3) is 0 Å². The van der Waals surface area contributed by atoms with Crippen LogP contribution < -0.4 is 0 Å². The summed E-state index contributed by atoms with van der Waals surface area (Å²) in [6.45, 7) is 2.69. The summed E-state index contributed by atoms with van der Waals surface area (Å²) in [5.41, 5.74) is 6.60. The number of nitrogens with one attached hydrogen (secondary N) is 1. The van der Waals surface area contributed by atoms with Crippen molar-refractivity contribution >= 4 is 0 Å². The van der Waals surface area contributed by atoms with Crippen LogP contribution in [0.15, 0.2) is 0 Å². The minimum absolute atomic E-state index is 0. The molecule has 1 nitrogen and oxygen atoms in total. The van der Waals surface area contributed by atoms with E-state index in [0.717, 1.165) is 12.8 Å². The molecule has 0 amide bonds. The molecule has 2 heteroatoms. The van der Waals surface area contributed by atoms with Crippen LogP contribution in [0.25, 0.3) is 5.73 Å². The molecular weight excluding hydrogens is 110 g/mol. The van der Waals surface area contributed by atoms with Gasteiger partial charge in [0.05, 0.1) is 0 Å². The van der Waals surface area contributed by atoms with Crippen LogP contribution in [0.2, 0.25) is 0 Å². The third-order valence-electron chi connectivity index (χ3n) is 0.530. The SMILES string of the molecule is CCCC[NH-].[Ti]. The number of unbranched alkanes of at least 4 members (excludes halogenated alkanes) is 1. The van der Waals surface area contributed by atoms with E-state index < -0.39 is 0 Å². The summed E-state index contributed by atoms with van der Waals surface area (Å²) in [6, 6.07) is 0. The molecule has 36 valence electrons. The van der Waals surface area contributed by atoms with Gasteiger partial charge in [-0.25, -0.2) is 0 Å². The van der Waals surface area contributed by atoms with Crippen LogP contribution >= 0.6 is 0 Å². The zero-order valence-corrected chi connectivity index (χ0v) is 5.68. The zero-order chi connectivity index (χ0) is 4.12. The Morgan fingerprint density at radius 2 is 2.00 bits per heavy atom. The minimum atomic E-state index is 0. The Kier molecular flexibility index (Phi) is 15.1. The van der Waals surface area contributed by atoms with Gasteiger partial charge < -0.3 is 5.73 Å². The molecule has 0 aromatic carbocycles. The van der Waals surface area contributed by atoms with Crippen LogP contribution in [0.4, 0.5) is 0 Å². The van der Waals surface area contributed by atoms with E-state index in [9.17, 15) is 0 Å². The fraction of sp³-hybridized carbons (Fsp3) is 1.00. The maximum Gasteiger partial charge on any atom is 0 e. The first-order valence-electron chi connectivity index (χ1n) is 2.06. The number of hydrogen-bond acceptors (Lipinski definition) is 0. The molecule has 0 aliphatic carbocycles. The van der Waals surface area contributed by atoms with Gasteiger partial charge in [-0.1, -0.05) is 19.8 Å². The minimum Gasteiger partial charge on any atom is -0.677 e. The Balaban J connectivity index is 0. The molecule has 0 aromatic rings. The summed E-state index contributed by atoms with van der Waals surface area (Å²) in [7, 11) is 0. The molecule has 0 unspecified atom stereocenters. The fourth-order valence-electron chi connectivity index (χ4n) is 0.177. The molecule has 0 aliphatic rings. The van der Waals surface area contributed by atoms with E-state index in [4.69, 9.17) is 5.73 Å². The topological polar surface area (TPSA) is 23.8 Å². The van der Waals surface area contributed by atoms with Crippen LogP contribution in [-0.4, -0.2) is 6.54 Å². The van der Waals surface area contributed by atoms with Gasteiger partial charge in [0.1, 0.15) is 0 Å². The molecule has 0 spiro atoms. The second-order valence-electron chi connectivity index (χ2n) is 1.10. The summed E-state index contributed by atoms with van der Waals surface area (Å²) in [5, 5.41) is 0. The first-order valence-corrected chi connectivity index (χ1v) is 2.06. The van der Waals surface area contributed by atoms with E-state index in [0.29, 0.717) is 6.54 Å². The zero-order valence-electron chi connectivity index (χ0n) is 4.12. The first kappa shape index (κ1) is 9.84. The summed E-state index contributed by atoms with van der Waals surface area (Å²) in [6.07, 6.45) is 2.21. The van der Waals surface area contributed by atoms with Crippen molar-refractivity contribution in [2.75, 3.05) is 6.54 Å². The van der Waals surface area contributed by atoms with Crippen molar-refractivity contribution in [2.45, 2.75) is 19.8 Å². The molecule has 6 heavy (non-hydrogen) atoms. The van der Waals surface area contributed by atoms with Crippen molar-refractivity contribution in [1.29, 1.82) is 0 Å². The Bertz CT molecular complexity index is 15.0. The van der Waals surface area contributed by atoms with E-state index in [1.165, 1.54) is 0 Å². The Hall–Kier alpha value is 0.674. The van der Waals surface area contributed by atoms with Crippen molar-refractivity contribution in [2.24, 2.45) is 0 Å². The normalized spacial score (nSPS) is 7.00. The molecule has 0 atom stereocenters. The summed E-state index contributed by atoms with van der Waals surface area (Å²) < 4.78 is 0. The van der Waals surface area contributed by atoms with Crippen molar-refractivity contribution in [1.82, 2.24) is 0 Å². The molecule has 0 heterocycles. The molecule has 0 saturated heterocycles. The number of hydrogen-bond donors (Lipinski definition) is 0. The molecular formula is C4H10NTi-. The number of rotatable bonds is 2. The smallest absolute Gasteiger partial charge is 0 e. The average molecular weight is 120 g/mol. The van der Waals surface area contributed by atoms with Gasteiger partial charge in [0.15, 0.2) is 0 Å². The van der Waals surface area contributed by atoms with Crippen LogP contribution in [0.5, 0.6) is 0 Å². The van der Waals surface area contributed by atoms with E-state index in [2.05, 4.69) is 6.92 Å². The molecule has 0 saturated carbocycles. The van der Waals surface area contributed by atoms with Crippen molar-refractivity contribution in [3.05, 3.63) is 5.73 Å². The molecule has 0 fully saturated rings. The Morgan fingerprint density at radius 1 is 1.50 bits per heavy atom. The van der Waals surface area contributed by atoms with Gasteiger partial charge in [0.2, 0.25) is 0 Å². The van der Waals surface area contributed by atoms with Gasteiger partial charge in [-0.15, -0.1) is 0 Å². The van der Waals surface area contributed by atoms with Crippen LogP contribution in [0.1, 0.15) is 19.8 Å². The van der Waals surface area contributed by atoms with Gasteiger partial charge in [-0.2, -0.15) is 6.54 Å². The van der Waals surface area contributed by atoms with Crippen molar-refractivity contribution in [3.8, 4) is 0 Å². The predicted molar refractivity (Wildman–Crippen MR) is 24.1 cm³/mol. The monoisotopic (exact) mass is 120 g/mol. The van der Waals surface area contributed by atoms with Crippen molar-refractivity contribution < 1.29 is 21.7 Å². The van der Waals surface area contributed by atoms with E-state index >= 15 is 0 Å². The van der Waals surface area contributed by atoms with Crippen LogP contribution in [0, 0.1) is 0 Å². The fourth-order valence-corrected chi connectivity index (χ4v) is 0.177. The summed E-state index contributed by atoms with van der Waals surface area (Å²) >= 11 is 0. The molecule has 0 aromatic heterocycles. The van der Waals surface area contributed by atoms with Gasteiger partial charge in [-0.05, 0) is 0 Å². The molecule has 0 bridgehead atoms. The van der Waals surface area contributed by atoms with Crippen LogP contribution in [-0.2, 0) is 21.7 Å². The maximum atomic E-state index is 6.60. The third kappa shape index (κ3) is 8.82. The summed E-state index contributed by atoms with van der Waals surface area (Å²) in [4.78, 5) is 0. The predicted octanol–water partition coefficient (Wildman–Crippen LogP) is 1.84. The molecule has 1 N–H and O–H groups in total. The first-order chi connectivity index (χ1) is 2.41. The molecule has 0 radical (unpaired) electrons. The largest absolute Gasteiger partial charge is 0.677 e. The Morgan fingerprint density at radius 3 is 2.00 bits per heavy atom. The molecule has 0 rings (SSSR count). The van der Waals surface area contributed by atoms with E-state index in [-0.39, 0.29) is 21.7 Å². The van der Waals surface area contributed by atoms with E-state index in [1.807, 2.05) is 0 Å². The van der Waals surface area contributed by atoms with Gasteiger partial charge in [-0.3, -0.25) is 0 Å². The standard InChI is InChI=1S/C4H10N.Ti/c1-2-3-4-5;/h5H,2-4H2,1H3;/q-1;. The molecule has 0 aliphatic heterocycles. The van der Waals surface area contributed by atoms with Gasteiger partial charge >= 0.3 is 0 Å². The average Bonchev–Trinajstić information content (AvgIpc) is 1.41.